The summed E-state index contributed by atoms with van der Waals surface area (Å²) in [5.74, 6) is -0.840. The predicted octanol–water partition coefficient (Wildman–Crippen LogP) is 1.32. The van der Waals surface area contributed by atoms with Crippen molar-refractivity contribution in [3.05, 3.63) is 35.4 Å². The zero-order valence-corrected chi connectivity index (χ0v) is 14.1. The Morgan fingerprint density at radius 1 is 1.19 bits per heavy atom. The number of rotatable bonds is 5. The van der Waals surface area contributed by atoms with Crippen LogP contribution in [0.1, 0.15) is 24.0 Å². The van der Waals surface area contributed by atoms with Crippen molar-refractivity contribution in [1.82, 2.24) is 10.2 Å². The lowest BCUT2D eigenvalue weighted by Gasteiger charge is -2.39. The third-order valence-corrected chi connectivity index (χ3v) is 4.77. The fourth-order valence-corrected chi connectivity index (χ4v) is 3.06. The van der Waals surface area contributed by atoms with Gasteiger partial charge in [0.25, 0.3) is 0 Å². The molecule has 0 saturated carbocycles. The third kappa shape index (κ3) is 4.34. The molecule has 9 heteroatoms. The normalized spacial score (nSPS) is 17.0. The molecule has 1 fully saturated rings. The largest absolute Gasteiger partial charge is 0.416 e. The third-order valence-electron chi connectivity index (χ3n) is 4.77. The van der Waals surface area contributed by atoms with E-state index < -0.39 is 29.7 Å². The van der Waals surface area contributed by atoms with Crippen LogP contribution in [0.2, 0.25) is 0 Å². The molecular weight excluding hydrogens is 351 g/mol. The number of carbonyl (C=O) groups is 2. The molecule has 1 aromatic carbocycles. The van der Waals surface area contributed by atoms with Crippen molar-refractivity contribution in [2.45, 2.75) is 25.6 Å². The Morgan fingerprint density at radius 3 is 2.35 bits per heavy atom. The molecule has 1 aliphatic rings. The molecule has 0 aliphatic carbocycles. The number of alkyl halides is 3. The molecule has 2 amide bonds. The van der Waals surface area contributed by atoms with Crippen LogP contribution >= 0.6 is 0 Å². The highest BCUT2D eigenvalue weighted by molar-refractivity contribution is 5.84. The second-order valence-electron chi connectivity index (χ2n) is 6.35. The topological polar surface area (TPSA) is 95.3 Å². The van der Waals surface area contributed by atoms with Gasteiger partial charge in [0.2, 0.25) is 11.8 Å². The summed E-state index contributed by atoms with van der Waals surface area (Å²) in [6.45, 7) is -0.702. The van der Waals surface area contributed by atoms with Crippen molar-refractivity contribution in [2.75, 3.05) is 26.2 Å². The van der Waals surface area contributed by atoms with Crippen LogP contribution in [0.3, 0.4) is 0 Å². The van der Waals surface area contributed by atoms with E-state index >= 15 is 0 Å². The molecule has 0 atom stereocenters. The number of nitrogens with two attached hydrogens (primary N) is 1. The smallest absolute Gasteiger partial charge is 0.351 e. The Kier molecular flexibility index (Phi) is 6.25. The number of piperidine rings is 1. The van der Waals surface area contributed by atoms with Crippen molar-refractivity contribution in [2.24, 2.45) is 11.1 Å². The Labute approximate surface area is 149 Å². The van der Waals surface area contributed by atoms with E-state index in [1.807, 2.05) is 0 Å². The average Bonchev–Trinajstić information content (AvgIpc) is 2.65. The highest BCUT2D eigenvalue weighted by Crippen LogP contribution is 2.33. The van der Waals surface area contributed by atoms with Gasteiger partial charge in [0.1, 0.15) is 0 Å². The first kappa shape index (κ1) is 20.2. The molecule has 143 valence electrons. The maximum Gasteiger partial charge on any atom is 0.416 e. The summed E-state index contributed by atoms with van der Waals surface area (Å²) in [5, 5.41) is 14.1. The molecule has 0 spiro atoms. The summed E-state index contributed by atoms with van der Waals surface area (Å²) in [6, 6.07) is 4.96. The summed E-state index contributed by atoms with van der Waals surface area (Å²) in [5.41, 5.74) is 3.19. The quantitative estimate of drug-likeness (QED) is 0.816. The number of amides is 2. The van der Waals surface area contributed by atoms with E-state index in [4.69, 9.17) is 5.73 Å². The maximum absolute atomic E-state index is 13.0. The zero-order valence-electron chi connectivity index (χ0n) is 14.1. The van der Waals surface area contributed by atoms with Crippen LogP contribution in [0, 0.1) is 5.41 Å². The van der Waals surface area contributed by atoms with Crippen LogP contribution in [0.4, 0.5) is 13.2 Å². The molecule has 1 radical (unpaired) electrons. The van der Waals surface area contributed by atoms with Gasteiger partial charge in [0.15, 0.2) is 0 Å². The second-order valence-corrected chi connectivity index (χ2v) is 6.35. The number of hydrogen-bond donors (Lipinski definition) is 2. The molecule has 1 heterocycles. The number of nitrogens with one attached hydrogen (secondary N) is 1. The van der Waals surface area contributed by atoms with Gasteiger partial charge in [0.05, 0.1) is 24.1 Å². The van der Waals surface area contributed by atoms with Crippen LogP contribution < -0.4 is 11.1 Å². The average molecular weight is 372 g/mol. The minimum Gasteiger partial charge on any atom is -0.351 e. The van der Waals surface area contributed by atoms with Gasteiger partial charge in [-0.2, -0.15) is 13.2 Å². The second kappa shape index (κ2) is 8.05. The fourth-order valence-electron chi connectivity index (χ4n) is 3.06. The minimum atomic E-state index is -4.52. The van der Waals surface area contributed by atoms with Crippen molar-refractivity contribution in [3.8, 4) is 0 Å². The van der Waals surface area contributed by atoms with Gasteiger partial charge in [0, 0.05) is 19.6 Å². The molecule has 0 aromatic heterocycles. The van der Waals surface area contributed by atoms with Gasteiger partial charge in [-0.3, -0.25) is 9.59 Å². The number of benzene rings is 1. The summed E-state index contributed by atoms with van der Waals surface area (Å²) in [4.78, 5) is 25.6. The SMILES string of the molecule is NCC(=O)N1CCC(C[O])(C(=O)NCc2ccccc2C(F)(F)F)CC1. The lowest BCUT2D eigenvalue weighted by Crippen LogP contribution is -2.52. The summed E-state index contributed by atoms with van der Waals surface area (Å²) in [6.07, 6.45) is -4.20. The zero-order chi connectivity index (χ0) is 19.4. The van der Waals surface area contributed by atoms with Crippen molar-refractivity contribution < 1.29 is 27.9 Å². The lowest BCUT2D eigenvalue weighted by molar-refractivity contribution is -0.144. The maximum atomic E-state index is 13.0. The highest BCUT2D eigenvalue weighted by atomic mass is 19.4. The van der Waals surface area contributed by atoms with Gasteiger partial charge in [-0.15, -0.1) is 0 Å². The van der Waals surface area contributed by atoms with E-state index in [1.54, 1.807) is 0 Å². The van der Waals surface area contributed by atoms with Crippen LogP contribution in [-0.2, 0) is 27.4 Å². The Bertz CT molecular complexity index is 656. The molecule has 6 nitrogen and oxygen atoms in total. The van der Waals surface area contributed by atoms with Crippen molar-refractivity contribution in [3.63, 3.8) is 0 Å². The minimum absolute atomic E-state index is 0.0647. The van der Waals surface area contributed by atoms with Gasteiger partial charge in [-0.25, -0.2) is 5.11 Å². The first-order valence-corrected chi connectivity index (χ1v) is 8.23. The van der Waals surface area contributed by atoms with E-state index in [-0.39, 0.29) is 50.5 Å². The number of nitrogens with zero attached hydrogens (tertiary/aromatic N) is 1. The van der Waals surface area contributed by atoms with Gasteiger partial charge >= 0.3 is 6.18 Å². The van der Waals surface area contributed by atoms with E-state index in [0.717, 1.165) is 6.07 Å². The molecule has 1 saturated heterocycles. The molecule has 2 rings (SSSR count). The summed E-state index contributed by atoms with van der Waals surface area (Å²) in [7, 11) is 0. The molecular formula is C17H21F3N3O3. The lowest BCUT2D eigenvalue weighted by atomic mass is 9.78. The molecule has 1 aromatic rings. The fraction of sp³-hybridized carbons (Fsp3) is 0.529. The van der Waals surface area contributed by atoms with E-state index in [0.29, 0.717) is 0 Å². The van der Waals surface area contributed by atoms with E-state index in [2.05, 4.69) is 5.32 Å². The number of halogens is 3. The number of hydrogen-bond acceptors (Lipinski definition) is 3. The Morgan fingerprint density at radius 2 is 1.81 bits per heavy atom. The Balaban J connectivity index is 2.04. The summed E-state index contributed by atoms with van der Waals surface area (Å²) >= 11 is 0. The van der Waals surface area contributed by atoms with Crippen LogP contribution in [0.5, 0.6) is 0 Å². The molecule has 26 heavy (non-hydrogen) atoms. The predicted molar refractivity (Wildman–Crippen MR) is 86.1 cm³/mol. The van der Waals surface area contributed by atoms with Crippen LogP contribution in [0.15, 0.2) is 24.3 Å². The molecule has 3 N–H and O–H groups in total. The monoisotopic (exact) mass is 372 g/mol. The van der Waals surface area contributed by atoms with E-state index in [1.165, 1.54) is 23.1 Å². The van der Waals surface area contributed by atoms with Gasteiger partial charge < -0.3 is 16.0 Å². The Hall–Kier alpha value is -2.13. The first-order valence-electron chi connectivity index (χ1n) is 8.23. The molecule has 0 bridgehead atoms. The van der Waals surface area contributed by atoms with Crippen molar-refractivity contribution >= 4 is 11.8 Å². The standard InChI is InChI=1S/C17H21F3N3O3/c18-17(19,20)13-4-2-1-3-12(13)10-22-15(26)16(11-24)5-7-23(8-6-16)14(25)9-21/h1-4H,5-11,21H2,(H,22,26). The highest BCUT2D eigenvalue weighted by Gasteiger charge is 2.42. The number of carbonyl (C=O) groups excluding carboxylic acids is 2. The van der Waals surface area contributed by atoms with Crippen LogP contribution in [0.25, 0.3) is 0 Å². The van der Waals surface area contributed by atoms with E-state index in [9.17, 15) is 27.9 Å². The molecule has 1 aliphatic heterocycles. The first-order chi connectivity index (χ1) is 12.2. The van der Waals surface area contributed by atoms with Gasteiger partial charge in [-0.1, -0.05) is 18.2 Å². The molecule has 0 unspecified atom stereocenters. The van der Waals surface area contributed by atoms with Crippen molar-refractivity contribution in [1.29, 1.82) is 0 Å². The summed E-state index contributed by atoms with van der Waals surface area (Å²) < 4.78 is 39.0. The van der Waals surface area contributed by atoms with Gasteiger partial charge in [-0.05, 0) is 24.5 Å². The number of likely N-dealkylation sites (tertiary alicyclic amines) is 1. The van der Waals surface area contributed by atoms with Crippen LogP contribution in [-0.4, -0.2) is 43.0 Å².